The Morgan fingerprint density at radius 3 is 3.05 bits per heavy atom. The van der Waals surface area contributed by atoms with Gasteiger partial charge in [-0.25, -0.2) is 4.98 Å². The lowest BCUT2D eigenvalue weighted by atomic mass is 10.3. The van der Waals surface area contributed by atoms with Crippen LogP contribution in [0, 0.1) is 11.3 Å². The van der Waals surface area contributed by atoms with Crippen molar-refractivity contribution >= 4 is 23.1 Å². The summed E-state index contributed by atoms with van der Waals surface area (Å²) >= 11 is 1.42. The van der Waals surface area contributed by atoms with E-state index in [1.165, 1.54) is 23.9 Å². The zero-order valence-electron chi connectivity index (χ0n) is 9.98. The van der Waals surface area contributed by atoms with Crippen LogP contribution in [0.3, 0.4) is 0 Å². The SMILES string of the molecule is N#Cc1cnn(C(=O)c2ncoc2-c2cccs2)c1N. The van der Waals surface area contributed by atoms with Gasteiger partial charge in [0.25, 0.3) is 0 Å². The highest BCUT2D eigenvalue weighted by Gasteiger charge is 2.23. The molecule has 0 saturated carbocycles. The number of anilines is 1. The van der Waals surface area contributed by atoms with Gasteiger partial charge in [0.1, 0.15) is 17.5 Å². The van der Waals surface area contributed by atoms with Gasteiger partial charge in [-0.05, 0) is 11.4 Å². The van der Waals surface area contributed by atoms with Gasteiger partial charge in [0, 0.05) is 0 Å². The fourth-order valence-electron chi connectivity index (χ4n) is 1.69. The molecular weight excluding hydrogens is 278 g/mol. The molecule has 20 heavy (non-hydrogen) atoms. The number of nitrogens with two attached hydrogens (primary N) is 1. The predicted octanol–water partition coefficient (Wildman–Crippen LogP) is 1.74. The lowest BCUT2D eigenvalue weighted by Crippen LogP contribution is -2.17. The smallest absolute Gasteiger partial charge is 0.302 e. The van der Waals surface area contributed by atoms with Crippen molar-refractivity contribution in [2.75, 3.05) is 5.73 Å². The third kappa shape index (κ3) is 1.77. The van der Waals surface area contributed by atoms with Gasteiger partial charge in [0.05, 0.1) is 11.1 Å². The predicted molar refractivity (Wildman–Crippen MR) is 70.9 cm³/mol. The summed E-state index contributed by atoms with van der Waals surface area (Å²) in [5, 5.41) is 14.5. The molecule has 3 aromatic heterocycles. The molecule has 98 valence electrons. The Labute approximate surface area is 116 Å². The summed E-state index contributed by atoms with van der Waals surface area (Å²) in [5.74, 6) is -0.197. The zero-order valence-corrected chi connectivity index (χ0v) is 10.8. The van der Waals surface area contributed by atoms with E-state index in [0.717, 1.165) is 9.56 Å². The fourth-order valence-corrected chi connectivity index (χ4v) is 2.40. The number of hydrogen-bond donors (Lipinski definition) is 1. The van der Waals surface area contributed by atoms with Crippen molar-refractivity contribution in [3.63, 3.8) is 0 Å². The third-order valence-corrected chi connectivity index (χ3v) is 3.50. The van der Waals surface area contributed by atoms with Crippen LogP contribution in [0.25, 0.3) is 10.6 Å². The topological polar surface area (TPSA) is 111 Å². The van der Waals surface area contributed by atoms with Crippen LogP contribution in [0.4, 0.5) is 5.82 Å². The molecule has 2 N–H and O–H groups in total. The summed E-state index contributed by atoms with van der Waals surface area (Å²) in [6.45, 7) is 0. The molecule has 0 unspecified atom stereocenters. The van der Waals surface area contributed by atoms with Gasteiger partial charge in [-0.2, -0.15) is 15.0 Å². The second-order valence-corrected chi connectivity index (χ2v) is 4.73. The molecule has 0 fully saturated rings. The molecule has 0 spiro atoms. The first-order chi connectivity index (χ1) is 9.72. The summed E-state index contributed by atoms with van der Waals surface area (Å²) < 4.78 is 6.19. The van der Waals surface area contributed by atoms with E-state index in [-0.39, 0.29) is 17.1 Å². The van der Waals surface area contributed by atoms with Crippen LogP contribution >= 0.6 is 11.3 Å². The standard InChI is InChI=1S/C12H7N5O2S/c13-4-7-5-16-17(11(7)14)12(18)9-10(19-6-15-9)8-2-1-3-20-8/h1-3,5-6H,14H2. The highest BCUT2D eigenvalue weighted by molar-refractivity contribution is 7.13. The first kappa shape index (κ1) is 12.1. The van der Waals surface area contributed by atoms with Gasteiger partial charge in [-0.3, -0.25) is 4.79 Å². The highest BCUT2D eigenvalue weighted by Crippen LogP contribution is 2.28. The normalized spacial score (nSPS) is 10.3. The van der Waals surface area contributed by atoms with Crippen molar-refractivity contribution in [1.29, 1.82) is 5.26 Å². The minimum Gasteiger partial charge on any atom is -0.442 e. The molecule has 0 aliphatic carbocycles. The molecule has 0 atom stereocenters. The zero-order chi connectivity index (χ0) is 14.1. The molecule has 8 heteroatoms. The maximum absolute atomic E-state index is 12.4. The van der Waals surface area contributed by atoms with Gasteiger partial charge in [-0.15, -0.1) is 11.3 Å². The molecule has 0 aromatic carbocycles. The number of thiophene rings is 1. The average Bonchev–Trinajstić information content (AvgIpc) is 3.18. The van der Waals surface area contributed by atoms with Gasteiger partial charge in [0.2, 0.25) is 0 Å². The summed E-state index contributed by atoms with van der Waals surface area (Å²) in [6, 6.07) is 5.51. The van der Waals surface area contributed by atoms with Crippen molar-refractivity contribution in [2.24, 2.45) is 0 Å². The number of nitriles is 1. The number of aromatic nitrogens is 3. The molecule has 3 aromatic rings. The minimum atomic E-state index is -0.541. The molecule has 0 aliphatic heterocycles. The number of carbonyl (C=O) groups excluding carboxylic acids is 1. The van der Waals surface area contributed by atoms with Crippen molar-refractivity contribution in [3.05, 3.63) is 41.4 Å². The Hall–Kier alpha value is -2.92. The first-order valence-corrected chi connectivity index (χ1v) is 6.36. The molecule has 3 heterocycles. The Morgan fingerprint density at radius 1 is 1.55 bits per heavy atom. The monoisotopic (exact) mass is 285 g/mol. The van der Waals surface area contributed by atoms with E-state index in [2.05, 4.69) is 10.1 Å². The first-order valence-electron chi connectivity index (χ1n) is 5.48. The fraction of sp³-hybridized carbons (Fsp3) is 0. The van der Waals surface area contributed by atoms with E-state index in [0.29, 0.717) is 5.76 Å². The van der Waals surface area contributed by atoms with E-state index in [1.54, 1.807) is 0 Å². The number of nitrogens with zero attached hydrogens (tertiary/aromatic N) is 4. The number of nitrogen functional groups attached to an aromatic ring is 1. The van der Waals surface area contributed by atoms with Crippen molar-refractivity contribution in [1.82, 2.24) is 14.8 Å². The van der Waals surface area contributed by atoms with E-state index < -0.39 is 5.91 Å². The Morgan fingerprint density at radius 2 is 2.40 bits per heavy atom. The minimum absolute atomic E-state index is 0.0161. The number of oxazole rings is 1. The molecule has 0 amide bonds. The number of hydrogen-bond acceptors (Lipinski definition) is 7. The molecular formula is C12H7N5O2S. The van der Waals surface area contributed by atoms with Crippen LogP contribution in [-0.4, -0.2) is 20.7 Å². The van der Waals surface area contributed by atoms with Crippen molar-refractivity contribution in [2.45, 2.75) is 0 Å². The Kier molecular flexibility index (Phi) is 2.81. The Bertz CT molecular complexity index is 809. The highest BCUT2D eigenvalue weighted by atomic mass is 32.1. The van der Waals surface area contributed by atoms with E-state index in [1.807, 2.05) is 23.6 Å². The molecule has 0 aliphatic rings. The molecule has 0 saturated heterocycles. The number of carbonyl (C=O) groups is 1. The quantitative estimate of drug-likeness (QED) is 0.767. The molecule has 0 bridgehead atoms. The number of rotatable bonds is 2. The largest absolute Gasteiger partial charge is 0.442 e. The summed E-state index contributed by atoms with van der Waals surface area (Å²) in [7, 11) is 0. The average molecular weight is 285 g/mol. The maximum Gasteiger partial charge on any atom is 0.302 e. The lowest BCUT2D eigenvalue weighted by molar-refractivity contribution is 0.0944. The van der Waals surface area contributed by atoms with Gasteiger partial charge < -0.3 is 10.2 Å². The van der Waals surface area contributed by atoms with E-state index in [4.69, 9.17) is 15.4 Å². The summed E-state index contributed by atoms with van der Waals surface area (Å²) in [4.78, 5) is 17.1. The maximum atomic E-state index is 12.4. The lowest BCUT2D eigenvalue weighted by Gasteiger charge is -2.01. The van der Waals surface area contributed by atoms with Gasteiger partial charge in [-0.1, -0.05) is 6.07 Å². The van der Waals surface area contributed by atoms with Crippen LogP contribution in [-0.2, 0) is 0 Å². The van der Waals surface area contributed by atoms with Gasteiger partial charge >= 0.3 is 5.91 Å². The van der Waals surface area contributed by atoms with Crippen LogP contribution in [0.15, 0.2) is 34.5 Å². The summed E-state index contributed by atoms with van der Waals surface area (Å²) in [6.07, 6.45) is 2.42. The summed E-state index contributed by atoms with van der Waals surface area (Å²) in [5.41, 5.74) is 5.93. The van der Waals surface area contributed by atoms with Gasteiger partial charge in [0.15, 0.2) is 17.8 Å². The van der Waals surface area contributed by atoms with E-state index >= 15 is 0 Å². The van der Waals surface area contributed by atoms with Crippen LogP contribution in [0.2, 0.25) is 0 Å². The second-order valence-electron chi connectivity index (χ2n) is 3.78. The second kappa shape index (κ2) is 4.64. The molecule has 0 radical (unpaired) electrons. The Balaban J connectivity index is 2.06. The molecule has 7 nitrogen and oxygen atoms in total. The van der Waals surface area contributed by atoms with Crippen LogP contribution in [0.1, 0.15) is 16.1 Å². The molecule has 3 rings (SSSR count). The van der Waals surface area contributed by atoms with Crippen LogP contribution in [0.5, 0.6) is 0 Å². The van der Waals surface area contributed by atoms with Crippen molar-refractivity contribution in [3.8, 4) is 16.7 Å². The van der Waals surface area contributed by atoms with Crippen molar-refractivity contribution < 1.29 is 9.21 Å². The van der Waals surface area contributed by atoms with Crippen LogP contribution < -0.4 is 5.73 Å². The third-order valence-electron chi connectivity index (χ3n) is 2.63. The van der Waals surface area contributed by atoms with E-state index in [9.17, 15) is 4.79 Å².